The third kappa shape index (κ3) is 5.41. The second-order valence-corrected chi connectivity index (χ2v) is 12.1. The van der Waals surface area contributed by atoms with Crippen LogP contribution >= 0.6 is 11.9 Å². The highest BCUT2D eigenvalue weighted by Crippen LogP contribution is 2.55. The van der Waals surface area contributed by atoms with E-state index in [1.165, 1.54) is 37.6 Å². The molecule has 0 aromatic carbocycles. The van der Waals surface area contributed by atoms with Crippen LogP contribution in [0, 0.1) is 10.8 Å². The number of aliphatic hydroxyl groups is 1. The maximum absolute atomic E-state index is 13.6. The second-order valence-electron chi connectivity index (χ2n) is 11.1. The number of nitrogens with one attached hydrogen (secondary N) is 2. The van der Waals surface area contributed by atoms with Crippen LogP contribution in [0.5, 0.6) is 5.75 Å². The lowest BCUT2D eigenvalue weighted by Gasteiger charge is -2.34. The van der Waals surface area contributed by atoms with Crippen LogP contribution in [0.3, 0.4) is 0 Å². The van der Waals surface area contributed by atoms with Crippen molar-refractivity contribution < 1.29 is 19.0 Å². The van der Waals surface area contributed by atoms with Crippen LogP contribution in [0.25, 0.3) is 0 Å². The summed E-state index contributed by atoms with van der Waals surface area (Å²) in [4.78, 5) is 27.2. The summed E-state index contributed by atoms with van der Waals surface area (Å²) in [6.07, 6.45) is 10.1. The van der Waals surface area contributed by atoms with Crippen molar-refractivity contribution in [1.29, 1.82) is 0 Å². The van der Waals surface area contributed by atoms with Gasteiger partial charge in [0, 0.05) is 38.9 Å². The zero-order valence-corrected chi connectivity index (χ0v) is 22.4. The molecule has 2 saturated carbocycles. The van der Waals surface area contributed by atoms with Gasteiger partial charge in [0.2, 0.25) is 6.86 Å². The summed E-state index contributed by atoms with van der Waals surface area (Å²) < 4.78 is 21.4. The number of ether oxygens (including phenoxy) is 1. The molecular formula is C27H35FN6O3S. The Labute approximate surface area is 226 Å². The van der Waals surface area contributed by atoms with E-state index in [4.69, 9.17) is 14.8 Å². The highest BCUT2D eigenvalue weighted by atomic mass is 32.2. The first-order valence-electron chi connectivity index (χ1n) is 13.5. The van der Waals surface area contributed by atoms with Gasteiger partial charge in [-0.2, -0.15) is 0 Å². The summed E-state index contributed by atoms with van der Waals surface area (Å²) in [6, 6.07) is 5.29. The summed E-state index contributed by atoms with van der Waals surface area (Å²) >= 11 is 1.34. The van der Waals surface area contributed by atoms with E-state index < -0.39 is 6.86 Å². The van der Waals surface area contributed by atoms with Crippen molar-refractivity contribution in [3.8, 4) is 5.75 Å². The molecule has 2 aliphatic heterocycles. The molecule has 2 saturated heterocycles. The van der Waals surface area contributed by atoms with Crippen molar-refractivity contribution in [3.63, 3.8) is 0 Å². The Kier molecular flexibility index (Phi) is 7.09. The Balaban J connectivity index is 1.23. The molecule has 4 heterocycles. The van der Waals surface area contributed by atoms with Gasteiger partial charge in [-0.05, 0) is 85.9 Å². The summed E-state index contributed by atoms with van der Waals surface area (Å²) in [7, 11) is 0. The molecule has 4 aliphatic rings. The number of anilines is 3. The quantitative estimate of drug-likeness (QED) is 0.304. The molecule has 9 nitrogen and oxygen atoms in total. The Hall–Kier alpha value is -2.63. The van der Waals surface area contributed by atoms with Crippen LogP contribution in [0.2, 0.25) is 0 Å². The first-order valence-corrected chi connectivity index (χ1v) is 14.4. The minimum Gasteiger partial charge on any atom is -0.459 e. The molecule has 204 valence electrons. The van der Waals surface area contributed by atoms with E-state index >= 15 is 0 Å². The van der Waals surface area contributed by atoms with E-state index in [-0.39, 0.29) is 12.5 Å². The van der Waals surface area contributed by atoms with Crippen LogP contribution in [0.15, 0.2) is 29.4 Å². The molecule has 2 aromatic rings. The van der Waals surface area contributed by atoms with Crippen molar-refractivity contribution in [2.24, 2.45) is 10.8 Å². The molecule has 2 spiro atoms. The Bertz CT molecular complexity index is 1180. The van der Waals surface area contributed by atoms with Crippen molar-refractivity contribution in [2.75, 3.05) is 61.3 Å². The Morgan fingerprint density at radius 2 is 1.82 bits per heavy atom. The van der Waals surface area contributed by atoms with Gasteiger partial charge in [0.05, 0.1) is 17.9 Å². The molecule has 1 amide bonds. The Morgan fingerprint density at radius 3 is 2.50 bits per heavy atom. The van der Waals surface area contributed by atoms with Crippen LogP contribution < -0.4 is 24.6 Å². The van der Waals surface area contributed by atoms with E-state index in [1.54, 1.807) is 18.3 Å². The summed E-state index contributed by atoms with van der Waals surface area (Å²) in [5.41, 5.74) is 2.24. The van der Waals surface area contributed by atoms with Gasteiger partial charge >= 0.3 is 0 Å². The first-order chi connectivity index (χ1) is 18.5. The van der Waals surface area contributed by atoms with E-state index in [1.807, 2.05) is 6.07 Å². The standard InChI is InChI=1S/C27H35FN6O3S/c28-18-37-21-1-2-22(31-24(21)34-13-9-27(17-34)5-6-27)32-25(36)19-16-29-23(38-30-10-14-35)15-20(19)33-11-7-26(3-4-26)8-12-33/h1-2,15-16,30,35H,3-14,17-18H2,(H,31,32,36). The fraction of sp³-hybridized carbons (Fsp3) is 0.593. The van der Waals surface area contributed by atoms with Gasteiger partial charge in [-0.1, -0.05) is 0 Å². The fourth-order valence-corrected chi connectivity index (χ4v) is 6.39. The maximum Gasteiger partial charge on any atom is 0.260 e. The number of nitrogens with zero attached hydrogens (tertiary/aromatic N) is 4. The fourth-order valence-electron chi connectivity index (χ4n) is 5.78. The average molecular weight is 543 g/mol. The molecule has 3 N–H and O–H groups in total. The zero-order chi connectivity index (χ0) is 26.2. The minimum absolute atomic E-state index is 0.0388. The number of halogens is 1. The predicted octanol–water partition coefficient (Wildman–Crippen LogP) is 3.99. The molecule has 4 fully saturated rings. The number of alkyl halides is 1. The molecule has 0 bridgehead atoms. The molecule has 2 aliphatic carbocycles. The largest absolute Gasteiger partial charge is 0.459 e. The molecular weight excluding hydrogens is 507 g/mol. The SMILES string of the molecule is O=C(Nc1ccc(OCF)c(N2CCC3(CC3)C2)n1)c1cnc(SNCCO)cc1N1CCC2(CC1)CC2. The highest BCUT2D eigenvalue weighted by molar-refractivity contribution is 7.97. The molecule has 0 atom stereocenters. The number of carbonyl (C=O) groups is 1. The van der Waals surface area contributed by atoms with Crippen molar-refractivity contribution >= 4 is 35.2 Å². The van der Waals surface area contributed by atoms with Crippen LogP contribution in [-0.2, 0) is 0 Å². The predicted molar refractivity (Wildman–Crippen MR) is 146 cm³/mol. The number of rotatable bonds is 10. The zero-order valence-electron chi connectivity index (χ0n) is 21.5. The van der Waals surface area contributed by atoms with Gasteiger partial charge in [0.1, 0.15) is 10.8 Å². The number of piperidine rings is 1. The second kappa shape index (κ2) is 10.5. The monoisotopic (exact) mass is 542 g/mol. The minimum atomic E-state index is -0.928. The number of carbonyl (C=O) groups excluding carboxylic acids is 1. The topological polar surface area (TPSA) is 103 Å². The molecule has 11 heteroatoms. The molecule has 0 unspecified atom stereocenters. The van der Waals surface area contributed by atoms with Gasteiger partial charge in [-0.15, -0.1) is 0 Å². The normalized spacial score (nSPS) is 20.7. The number of hydrogen-bond donors (Lipinski definition) is 3. The summed E-state index contributed by atoms with van der Waals surface area (Å²) in [5, 5.41) is 12.8. The van der Waals surface area contributed by atoms with Crippen LogP contribution in [-0.4, -0.2) is 67.2 Å². The molecule has 38 heavy (non-hydrogen) atoms. The van der Waals surface area contributed by atoms with Gasteiger partial charge in [0.25, 0.3) is 5.91 Å². The average Bonchev–Trinajstić information content (AvgIpc) is 3.83. The molecule has 2 aromatic heterocycles. The molecule has 0 radical (unpaired) electrons. The molecule has 6 rings (SSSR count). The van der Waals surface area contributed by atoms with Gasteiger partial charge in [-0.3, -0.25) is 9.52 Å². The maximum atomic E-state index is 13.6. The summed E-state index contributed by atoms with van der Waals surface area (Å²) in [5.74, 6) is 1.09. The lowest BCUT2D eigenvalue weighted by atomic mass is 9.93. The number of aromatic nitrogens is 2. The number of aliphatic hydroxyl groups excluding tert-OH is 1. The smallest absolute Gasteiger partial charge is 0.260 e. The lowest BCUT2D eigenvalue weighted by molar-refractivity contribution is 0.102. The van der Waals surface area contributed by atoms with Crippen molar-refractivity contribution in [3.05, 3.63) is 30.0 Å². The first kappa shape index (κ1) is 25.6. The Morgan fingerprint density at radius 1 is 1.08 bits per heavy atom. The van der Waals surface area contributed by atoms with Gasteiger partial charge in [0.15, 0.2) is 11.6 Å². The van der Waals surface area contributed by atoms with Crippen molar-refractivity contribution in [1.82, 2.24) is 14.7 Å². The van der Waals surface area contributed by atoms with E-state index in [0.29, 0.717) is 40.3 Å². The van der Waals surface area contributed by atoms with E-state index in [2.05, 4.69) is 24.8 Å². The number of hydrogen-bond acceptors (Lipinski definition) is 9. The lowest BCUT2D eigenvalue weighted by Crippen LogP contribution is -2.36. The third-order valence-corrected chi connectivity index (χ3v) is 9.38. The highest BCUT2D eigenvalue weighted by Gasteiger charge is 2.48. The van der Waals surface area contributed by atoms with Gasteiger partial charge in [-0.25, -0.2) is 14.4 Å². The third-order valence-electron chi connectivity index (χ3n) is 8.60. The summed E-state index contributed by atoms with van der Waals surface area (Å²) in [6.45, 7) is 3.11. The van der Waals surface area contributed by atoms with Gasteiger partial charge < -0.3 is 25.0 Å². The van der Waals surface area contributed by atoms with Crippen LogP contribution in [0.1, 0.15) is 55.3 Å². The van der Waals surface area contributed by atoms with Crippen LogP contribution in [0.4, 0.5) is 21.7 Å². The number of amides is 1. The van der Waals surface area contributed by atoms with E-state index in [9.17, 15) is 9.18 Å². The van der Waals surface area contributed by atoms with Crippen molar-refractivity contribution in [2.45, 2.75) is 50.0 Å². The number of pyridine rings is 2. The van der Waals surface area contributed by atoms with E-state index in [0.717, 1.165) is 56.2 Å².